The first kappa shape index (κ1) is 16.3. The minimum Gasteiger partial charge on any atom is -0.375 e. The number of imidazole rings is 1. The van der Waals surface area contributed by atoms with Gasteiger partial charge in [0.25, 0.3) is 0 Å². The van der Waals surface area contributed by atoms with Gasteiger partial charge in [0, 0.05) is 32.6 Å². The normalized spacial score (nSPS) is 21.1. The lowest BCUT2D eigenvalue weighted by atomic mass is 10.1. The van der Waals surface area contributed by atoms with Gasteiger partial charge in [0.15, 0.2) is 0 Å². The molecule has 0 unspecified atom stereocenters. The van der Waals surface area contributed by atoms with Crippen molar-refractivity contribution >= 4 is 5.91 Å². The number of hydrogen-bond donors (Lipinski definition) is 1. The highest BCUT2D eigenvalue weighted by molar-refractivity contribution is 5.77. The minimum absolute atomic E-state index is 0.0203. The highest BCUT2D eigenvalue weighted by atomic mass is 16.5. The van der Waals surface area contributed by atoms with E-state index >= 15 is 0 Å². The Bertz CT molecular complexity index is 715. The fraction of sp³-hybridized carbons (Fsp3) is 0.474. The van der Waals surface area contributed by atoms with Crippen LogP contribution in [0.5, 0.6) is 0 Å². The van der Waals surface area contributed by atoms with Crippen LogP contribution < -0.4 is 0 Å². The maximum atomic E-state index is 12.7. The summed E-state index contributed by atoms with van der Waals surface area (Å²) in [6.45, 7) is 4.71. The number of carbonyl (C=O) groups is 1. The van der Waals surface area contributed by atoms with E-state index in [1.807, 2.05) is 11.0 Å². The molecular formula is C19H24N4O2. The molecule has 6 nitrogen and oxygen atoms in total. The first-order chi connectivity index (χ1) is 12.3. The minimum atomic E-state index is -0.0203. The number of aromatic nitrogens is 2. The lowest BCUT2D eigenvalue weighted by molar-refractivity contribution is -0.137. The number of morpholine rings is 1. The predicted molar refractivity (Wildman–Crippen MR) is 93.8 cm³/mol. The van der Waals surface area contributed by atoms with E-state index in [4.69, 9.17) is 4.74 Å². The van der Waals surface area contributed by atoms with Crippen LogP contribution in [0.15, 0.2) is 36.7 Å². The first-order valence-corrected chi connectivity index (χ1v) is 8.95. The van der Waals surface area contributed by atoms with Crippen molar-refractivity contribution in [2.45, 2.75) is 32.0 Å². The number of carbonyl (C=O) groups excluding carboxylic acids is 1. The molecule has 1 fully saturated rings. The van der Waals surface area contributed by atoms with Crippen LogP contribution >= 0.6 is 0 Å². The van der Waals surface area contributed by atoms with Gasteiger partial charge >= 0.3 is 0 Å². The number of aromatic amines is 1. The summed E-state index contributed by atoms with van der Waals surface area (Å²) < 4.78 is 5.85. The quantitative estimate of drug-likeness (QED) is 0.918. The summed E-state index contributed by atoms with van der Waals surface area (Å²) in [5.41, 5.74) is 3.46. The molecular weight excluding hydrogens is 316 g/mol. The Kier molecular flexibility index (Phi) is 4.81. The van der Waals surface area contributed by atoms with Crippen molar-refractivity contribution in [1.29, 1.82) is 0 Å². The number of hydrogen-bond acceptors (Lipinski definition) is 4. The third-order valence-electron chi connectivity index (χ3n) is 5.00. The number of ether oxygens (including phenoxy) is 1. The topological polar surface area (TPSA) is 61.5 Å². The van der Waals surface area contributed by atoms with Crippen LogP contribution in [-0.2, 0) is 29.0 Å². The van der Waals surface area contributed by atoms with E-state index in [0.717, 1.165) is 44.0 Å². The van der Waals surface area contributed by atoms with E-state index in [-0.39, 0.29) is 12.0 Å². The van der Waals surface area contributed by atoms with Crippen LogP contribution in [0.4, 0.5) is 0 Å². The lowest BCUT2D eigenvalue weighted by Gasteiger charge is -2.34. The van der Waals surface area contributed by atoms with Gasteiger partial charge in [-0.15, -0.1) is 0 Å². The van der Waals surface area contributed by atoms with Gasteiger partial charge in [-0.2, -0.15) is 0 Å². The molecule has 1 N–H and O–H groups in total. The zero-order valence-corrected chi connectivity index (χ0v) is 14.4. The maximum absolute atomic E-state index is 12.7. The Morgan fingerprint density at radius 2 is 2.16 bits per heavy atom. The molecule has 0 radical (unpaired) electrons. The van der Waals surface area contributed by atoms with Gasteiger partial charge in [0.2, 0.25) is 5.91 Å². The molecule has 6 heteroatoms. The van der Waals surface area contributed by atoms with E-state index in [2.05, 4.69) is 39.1 Å². The molecule has 2 aliphatic heterocycles. The summed E-state index contributed by atoms with van der Waals surface area (Å²) in [5.74, 6) is 0.173. The molecule has 1 saturated heterocycles. The largest absolute Gasteiger partial charge is 0.375 e. The van der Waals surface area contributed by atoms with Gasteiger partial charge in [-0.25, -0.2) is 4.98 Å². The smallest absolute Gasteiger partial charge is 0.225 e. The van der Waals surface area contributed by atoms with Crippen molar-refractivity contribution in [3.8, 4) is 0 Å². The summed E-state index contributed by atoms with van der Waals surface area (Å²) in [7, 11) is 0. The molecule has 0 saturated carbocycles. The molecule has 1 aromatic carbocycles. The molecule has 3 heterocycles. The summed E-state index contributed by atoms with van der Waals surface area (Å²) in [4.78, 5) is 24.4. The molecule has 132 valence electrons. The summed E-state index contributed by atoms with van der Waals surface area (Å²) in [6, 6.07) is 10.5. The van der Waals surface area contributed by atoms with Crippen molar-refractivity contribution in [2.24, 2.45) is 0 Å². The van der Waals surface area contributed by atoms with E-state index < -0.39 is 0 Å². The molecule has 0 aliphatic carbocycles. The van der Waals surface area contributed by atoms with Crippen LogP contribution in [0.25, 0.3) is 0 Å². The van der Waals surface area contributed by atoms with E-state index in [9.17, 15) is 4.79 Å². The lowest BCUT2D eigenvalue weighted by Crippen LogP contribution is -2.45. The molecule has 1 atom stereocenters. The summed E-state index contributed by atoms with van der Waals surface area (Å²) in [5, 5.41) is 0. The van der Waals surface area contributed by atoms with Gasteiger partial charge in [-0.05, 0) is 5.56 Å². The Labute approximate surface area is 147 Å². The highest BCUT2D eigenvalue weighted by Crippen LogP contribution is 2.18. The molecule has 0 bridgehead atoms. The number of H-pyrrole nitrogens is 1. The third kappa shape index (κ3) is 3.91. The second kappa shape index (κ2) is 7.37. The summed E-state index contributed by atoms with van der Waals surface area (Å²) in [6.07, 6.45) is 2.98. The van der Waals surface area contributed by atoms with E-state index in [1.54, 1.807) is 6.33 Å². The van der Waals surface area contributed by atoms with Gasteiger partial charge in [-0.3, -0.25) is 9.69 Å². The maximum Gasteiger partial charge on any atom is 0.225 e. The number of amides is 1. The fourth-order valence-corrected chi connectivity index (χ4v) is 3.64. The number of nitrogens with zero attached hydrogens (tertiary/aromatic N) is 3. The molecule has 1 amide bonds. The molecule has 1 aromatic heterocycles. The van der Waals surface area contributed by atoms with E-state index in [0.29, 0.717) is 19.6 Å². The zero-order chi connectivity index (χ0) is 17.1. The van der Waals surface area contributed by atoms with E-state index in [1.165, 1.54) is 5.56 Å². The fourth-order valence-electron chi connectivity index (χ4n) is 3.64. The third-order valence-corrected chi connectivity index (χ3v) is 5.00. The molecule has 0 spiro atoms. The van der Waals surface area contributed by atoms with Crippen LogP contribution in [0, 0.1) is 0 Å². The Morgan fingerprint density at radius 1 is 1.28 bits per heavy atom. The first-order valence-electron chi connectivity index (χ1n) is 8.95. The highest BCUT2D eigenvalue weighted by Gasteiger charge is 2.27. The predicted octanol–water partition coefficient (Wildman–Crippen LogP) is 1.59. The Morgan fingerprint density at radius 3 is 3.04 bits per heavy atom. The Hall–Kier alpha value is -2.18. The van der Waals surface area contributed by atoms with Gasteiger partial charge in [0.05, 0.1) is 43.4 Å². The second-order valence-electron chi connectivity index (χ2n) is 6.81. The SMILES string of the molecule is O=C(C[C@@H]1CN(Cc2ccccc2)CCO1)N1CCc2nc[nH]c2C1. The molecule has 2 aliphatic rings. The molecule has 2 aromatic rings. The average molecular weight is 340 g/mol. The van der Waals surface area contributed by atoms with Crippen LogP contribution in [-0.4, -0.2) is 58.0 Å². The zero-order valence-electron chi connectivity index (χ0n) is 14.4. The van der Waals surface area contributed by atoms with Gasteiger partial charge in [-0.1, -0.05) is 30.3 Å². The van der Waals surface area contributed by atoms with Crippen molar-refractivity contribution in [3.63, 3.8) is 0 Å². The number of rotatable bonds is 4. The molecule has 25 heavy (non-hydrogen) atoms. The van der Waals surface area contributed by atoms with Crippen molar-refractivity contribution in [1.82, 2.24) is 19.8 Å². The monoisotopic (exact) mass is 340 g/mol. The Balaban J connectivity index is 1.31. The van der Waals surface area contributed by atoms with Crippen molar-refractivity contribution in [3.05, 3.63) is 53.6 Å². The number of benzene rings is 1. The number of nitrogens with one attached hydrogen (secondary N) is 1. The molecule has 4 rings (SSSR count). The van der Waals surface area contributed by atoms with Crippen molar-refractivity contribution < 1.29 is 9.53 Å². The van der Waals surface area contributed by atoms with Crippen molar-refractivity contribution in [2.75, 3.05) is 26.2 Å². The standard InChI is InChI=1S/C19H24N4O2/c24-19(23-7-6-17-18(13-23)21-14-20-17)10-16-12-22(8-9-25-16)11-15-4-2-1-3-5-15/h1-5,14,16H,6-13H2,(H,20,21)/t16-/m1/s1. The van der Waals surface area contributed by atoms with Crippen LogP contribution in [0.3, 0.4) is 0 Å². The van der Waals surface area contributed by atoms with Crippen LogP contribution in [0.2, 0.25) is 0 Å². The van der Waals surface area contributed by atoms with Gasteiger partial charge in [0.1, 0.15) is 0 Å². The van der Waals surface area contributed by atoms with Gasteiger partial charge < -0.3 is 14.6 Å². The average Bonchev–Trinajstić information content (AvgIpc) is 3.10. The summed E-state index contributed by atoms with van der Waals surface area (Å²) >= 11 is 0. The second-order valence-corrected chi connectivity index (χ2v) is 6.81. The van der Waals surface area contributed by atoms with Crippen LogP contribution in [0.1, 0.15) is 23.4 Å². The number of fused-ring (bicyclic) bond motifs is 1.